The summed E-state index contributed by atoms with van der Waals surface area (Å²) in [7, 11) is 0. The van der Waals surface area contributed by atoms with Crippen molar-refractivity contribution >= 4 is 28.5 Å². The molecule has 0 aliphatic carbocycles. The van der Waals surface area contributed by atoms with E-state index in [1.807, 2.05) is 0 Å². The Labute approximate surface area is 111 Å². The molecule has 3 rings (SSSR count). The van der Waals surface area contributed by atoms with E-state index >= 15 is 0 Å². The van der Waals surface area contributed by atoms with Gasteiger partial charge in [-0.25, -0.2) is 13.8 Å². The quantitative estimate of drug-likeness (QED) is 0.704. The van der Waals surface area contributed by atoms with E-state index in [2.05, 4.69) is 9.97 Å². The Kier molecular flexibility index (Phi) is 2.87. The van der Waals surface area contributed by atoms with Gasteiger partial charge in [0, 0.05) is 5.69 Å². The number of nitrogen functional groups attached to an aromatic ring is 1. The number of anilines is 1. The molecule has 0 amide bonds. The van der Waals surface area contributed by atoms with Gasteiger partial charge in [-0.05, 0) is 48.2 Å². The lowest BCUT2D eigenvalue weighted by molar-refractivity contribution is 0.577. The minimum absolute atomic E-state index is 0.187. The fourth-order valence-electron chi connectivity index (χ4n) is 1.71. The van der Waals surface area contributed by atoms with Crippen molar-refractivity contribution in [3.8, 4) is 0 Å². The lowest BCUT2D eigenvalue weighted by Gasteiger charge is -1.99. The first-order valence-electron chi connectivity index (χ1n) is 5.50. The van der Waals surface area contributed by atoms with E-state index in [1.165, 1.54) is 0 Å². The van der Waals surface area contributed by atoms with Crippen LogP contribution in [0.25, 0.3) is 11.0 Å². The molecule has 0 saturated heterocycles. The fourth-order valence-corrected chi connectivity index (χ4v) is 2.56. The summed E-state index contributed by atoms with van der Waals surface area (Å²) in [6, 6.07) is 8.57. The topological polar surface area (TPSA) is 54.7 Å². The Morgan fingerprint density at radius 2 is 1.95 bits per heavy atom. The van der Waals surface area contributed by atoms with Crippen molar-refractivity contribution in [1.29, 1.82) is 0 Å². The van der Waals surface area contributed by atoms with Crippen LogP contribution in [0, 0.1) is 11.6 Å². The summed E-state index contributed by atoms with van der Waals surface area (Å²) in [4.78, 5) is 7.48. The highest BCUT2D eigenvalue weighted by Gasteiger charge is 2.09. The van der Waals surface area contributed by atoms with Gasteiger partial charge in [-0.1, -0.05) is 0 Å². The first-order valence-corrected chi connectivity index (χ1v) is 6.31. The molecular formula is C13H9F2N3S. The van der Waals surface area contributed by atoms with Crippen molar-refractivity contribution in [3.05, 3.63) is 48.0 Å². The lowest BCUT2D eigenvalue weighted by atomic mass is 10.3. The van der Waals surface area contributed by atoms with Crippen molar-refractivity contribution in [1.82, 2.24) is 9.97 Å². The first kappa shape index (κ1) is 12.0. The number of aromatic amines is 1. The molecule has 0 unspecified atom stereocenters. The Morgan fingerprint density at radius 1 is 1.11 bits per heavy atom. The van der Waals surface area contributed by atoms with E-state index in [9.17, 15) is 8.78 Å². The molecule has 0 radical (unpaired) electrons. The fraction of sp³-hybridized carbons (Fsp3) is 0. The van der Waals surface area contributed by atoms with Gasteiger partial charge in [0.2, 0.25) is 0 Å². The van der Waals surface area contributed by atoms with E-state index < -0.39 is 11.6 Å². The molecule has 1 aromatic heterocycles. The molecule has 1 heterocycles. The van der Waals surface area contributed by atoms with Crippen LogP contribution in [0.4, 0.5) is 14.5 Å². The number of halogens is 2. The van der Waals surface area contributed by atoms with Gasteiger partial charge in [0.05, 0.1) is 15.9 Å². The van der Waals surface area contributed by atoms with Crippen molar-refractivity contribution in [2.75, 3.05) is 5.73 Å². The maximum absolute atomic E-state index is 13.5. The van der Waals surface area contributed by atoms with E-state index in [-0.39, 0.29) is 4.90 Å². The summed E-state index contributed by atoms with van der Waals surface area (Å²) in [6.45, 7) is 0. The average Bonchev–Trinajstić information content (AvgIpc) is 2.75. The number of nitrogens with zero attached hydrogens (tertiary/aromatic N) is 1. The van der Waals surface area contributed by atoms with Gasteiger partial charge in [-0.15, -0.1) is 0 Å². The molecule has 3 nitrogen and oxygen atoms in total. The minimum Gasteiger partial charge on any atom is -0.399 e. The normalized spacial score (nSPS) is 11.1. The van der Waals surface area contributed by atoms with Crippen LogP contribution in [0.1, 0.15) is 0 Å². The van der Waals surface area contributed by atoms with E-state index in [0.717, 1.165) is 41.0 Å². The molecule has 0 bridgehead atoms. The summed E-state index contributed by atoms with van der Waals surface area (Å²) < 4.78 is 26.6. The molecule has 0 saturated carbocycles. The summed E-state index contributed by atoms with van der Waals surface area (Å²) in [6.07, 6.45) is 0. The summed E-state index contributed by atoms with van der Waals surface area (Å²) >= 11 is 1.04. The van der Waals surface area contributed by atoms with Crippen LogP contribution in [-0.2, 0) is 0 Å². The number of fused-ring (bicyclic) bond motifs is 1. The number of hydrogen-bond acceptors (Lipinski definition) is 3. The zero-order valence-corrected chi connectivity index (χ0v) is 10.5. The average molecular weight is 277 g/mol. The largest absolute Gasteiger partial charge is 0.399 e. The molecule has 3 aromatic rings. The second kappa shape index (κ2) is 4.55. The molecule has 0 fully saturated rings. The number of rotatable bonds is 2. The number of benzene rings is 2. The molecular weight excluding hydrogens is 268 g/mol. The molecule has 0 spiro atoms. The van der Waals surface area contributed by atoms with Crippen molar-refractivity contribution in [2.45, 2.75) is 10.1 Å². The van der Waals surface area contributed by atoms with Gasteiger partial charge < -0.3 is 10.7 Å². The predicted molar refractivity (Wildman–Crippen MR) is 71.0 cm³/mol. The third kappa shape index (κ3) is 2.39. The second-order valence-electron chi connectivity index (χ2n) is 4.00. The highest BCUT2D eigenvalue weighted by atomic mass is 32.2. The van der Waals surface area contributed by atoms with E-state index in [1.54, 1.807) is 18.2 Å². The summed E-state index contributed by atoms with van der Waals surface area (Å²) in [5.74, 6) is -0.962. The Balaban J connectivity index is 1.98. The monoisotopic (exact) mass is 277 g/mol. The molecule has 3 N–H and O–H groups in total. The SMILES string of the molecule is Nc1ccc2nc(Sc3cc(F)ccc3F)[nH]c2c1. The zero-order valence-electron chi connectivity index (χ0n) is 9.65. The summed E-state index contributed by atoms with van der Waals surface area (Å²) in [5, 5.41) is 0.491. The van der Waals surface area contributed by atoms with Gasteiger partial charge in [0.25, 0.3) is 0 Å². The molecule has 0 aliphatic rings. The highest BCUT2D eigenvalue weighted by Crippen LogP contribution is 2.30. The van der Waals surface area contributed by atoms with Crippen LogP contribution in [0.3, 0.4) is 0 Å². The Hall–Kier alpha value is -2.08. The van der Waals surface area contributed by atoms with Crippen LogP contribution in [0.15, 0.2) is 46.5 Å². The smallest absolute Gasteiger partial charge is 0.171 e. The third-order valence-corrected chi connectivity index (χ3v) is 3.50. The van der Waals surface area contributed by atoms with Crippen molar-refractivity contribution in [2.24, 2.45) is 0 Å². The molecule has 2 aromatic carbocycles. The van der Waals surface area contributed by atoms with Crippen LogP contribution < -0.4 is 5.73 Å². The first-order chi connectivity index (χ1) is 9.11. The number of imidazole rings is 1. The number of aromatic nitrogens is 2. The molecule has 0 aliphatic heterocycles. The van der Waals surface area contributed by atoms with E-state index in [0.29, 0.717) is 10.8 Å². The van der Waals surface area contributed by atoms with Crippen molar-refractivity contribution < 1.29 is 8.78 Å². The lowest BCUT2D eigenvalue weighted by Crippen LogP contribution is -1.84. The third-order valence-electron chi connectivity index (χ3n) is 2.58. The molecule has 19 heavy (non-hydrogen) atoms. The molecule has 96 valence electrons. The van der Waals surface area contributed by atoms with Gasteiger partial charge in [-0.3, -0.25) is 0 Å². The number of nitrogens with two attached hydrogens (primary N) is 1. The van der Waals surface area contributed by atoms with Crippen LogP contribution >= 0.6 is 11.8 Å². The Bertz CT molecular complexity index is 755. The predicted octanol–water partition coefficient (Wildman–Crippen LogP) is 3.57. The standard InChI is InChI=1S/C13H9F2N3S/c14-7-1-3-9(15)12(5-7)19-13-17-10-4-2-8(16)6-11(10)18-13/h1-6H,16H2,(H,17,18). The molecule has 6 heteroatoms. The number of H-pyrrole nitrogens is 1. The van der Waals surface area contributed by atoms with Gasteiger partial charge in [0.15, 0.2) is 5.16 Å². The zero-order chi connectivity index (χ0) is 13.4. The van der Waals surface area contributed by atoms with Gasteiger partial charge in [-0.2, -0.15) is 0 Å². The maximum atomic E-state index is 13.5. The maximum Gasteiger partial charge on any atom is 0.171 e. The second-order valence-corrected chi connectivity index (χ2v) is 5.03. The number of nitrogens with one attached hydrogen (secondary N) is 1. The minimum atomic E-state index is -0.482. The van der Waals surface area contributed by atoms with Crippen LogP contribution in [0.2, 0.25) is 0 Å². The summed E-state index contributed by atoms with van der Waals surface area (Å²) in [5.41, 5.74) is 7.77. The Morgan fingerprint density at radius 3 is 2.79 bits per heavy atom. The van der Waals surface area contributed by atoms with E-state index in [4.69, 9.17) is 5.73 Å². The van der Waals surface area contributed by atoms with Crippen LogP contribution in [-0.4, -0.2) is 9.97 Å². The molecule has 0 atom stereocenters. The van der Waals surface area contributed by atoms with Gasteiger partial charge in [0.1, 0.15) is 11.6 Å². The van der Waals surface area contributed by atoms with Gasteiger partial charge >= 0.3 is 0 Å². The number of hydrogen-bond donors (Lipinski definition) is 2. The van der Waals surface area contributed by atoms with Crippen LogP contribution in [0.5, 0.6) is 0 Å². The highest BCUT2D eigenvalue weighted by molar-refractivity contribution is 7.99. The van der Waals surface area contributed by atoms with Crippen molar-refractivity contribution in [3.63, 3.8) is 0 Å².